The molecule has 29 heavy (non-hydrogen) atoms. The Bertz CT molecular complexity index is 1120. The minimum absolute atomic E-state index is 0.0638. The van der Waals surface area contributed by atoms with Crippen LogP contribution in [0.15, 0.2) is 76.6 Å². The predicted octanol–water partition coefficient (Wildman–Crippen LogP) is 3.69. The minimum atomic E-state index is -2.87. The first-order valence-corrected chi connectivity index (χ1v) is 8.96. The van der Waals surface area contributed by atoms with Gasteiger partial charge in [-0.15, -0.1) is 0 Å². The van der Waals surface area contributed by atoms with E-state index >= 15 is 0 Å². The van der Waals surface area contributed by atoms with Crippen molar-refractivity contribution in [2.24, 2.45) is 5.10 Å². The molecule has 8 heteroatoms. The maximum absolute atomic E-state index is 12.3. The number of nitrogens with zero attached hydrogens (tertiary/aromatic N) is 4. The highest BCUT2D eigenvalue weighted by Crippen LogP contribution is 2.21. The second-order valence-electron chi connectivity index (χ2n) is 6.35. The molecule has 0 aliphatic carbocycles. The lowest BCUT2D eigenvalue weighted by Gasteiger charge is -2.08. The van der Waals surface area contributed by atoms with Gasteiger partial charge in [0.05, 0.1) is 18.7 Å². The molecule has 0 atom stereocenters. The molecular formula is C21H17F2N4O2+. The summed E-state index contributed by atoms with van der Waals surface area (Å²) in [6.07, 6.45) is 2.56. The third-order valence-corrected chi connectivity index (χ3v) is 4.34. The molecule has 0 N–H and O–H groups in total. The zero-order valence-corrected chi connectivity index (χ0v) is 15.3. The predicted molar refractivity (Wildman–Crippen MR) is 105 cm³/mol. The summed E-state index contributed by atoms with van der Waals surface area (Å²) in [5.41, 5.74) is 2.75. The molecule has 0 bridgehead atoms. The number of rotatable bonds is 6. The van der Waals surface area contributed by atoms with Gasteiger partial charge in [0.25, 0.3) is 5.56 Å². The number of benzene rings is 2. The quantitative estimate of drug-likeness (QED) is 0.598. The van der Waals surface area contributed by atoms with Gasteiger partial charge in [-0.25, -0.2) is 4.68 Å². The van der Waals surface area contributed by atoms with E-state index in [1.807, 2.05) is 36.5 Å². The molecular weight excluding hydrogens is 378 g/mol. The highest BCUT2D eigenvalue weighted by Gasteiger charge is 2.19. The van der Waals surface area contributed by atoms with E-state index in [4.69, 9.17) is 0 Å². The first-order chi connectivity index (χ1) is 14.1. The molecule has 0 amide bonds. The summed E-state index contributed by atoms with van der Waals surface area (Å²) in [5, 5.41) is 8.94. The molecule has 4 rings (SSSR count). The number of halogens is 2. The molecule has 3 aromatic rings. The van der Waals surface area contributed by atoms with Gasteiger partial charge in [-0.2, -0.15) is 13.9 Å². The van der Waals surface area contributed by atoms with Crippen LogP contribution in [0.1, 0.15) is 6.42 Å². The monoisotopic (exact) mass is 395 g/mol. The highest BCUT2D eigenvalue weighted by molar-refractivity contribution is 5.96. The van der Waals surface area contributed by atoms with Crippen LogP contribution in [0.4, 0.5) is 14.5 Å². The highest BCUT2D eigenvalue weighted by atomic mass is 19.3. The van der Waals surface area contributed by atoms with E-state index in [9.17, 15) is 13.6 Å². The van der Waals surface area contributed by atoms with Gasteiger partial charge in [0.15, 0.2) is 6.21 Å². The first kappa shape index (κ1) is 18.7. The normalized spacial score (nSPS) is 13.3. The maximum Gasteiger partial charge on any atom is 0.387 e. The van der Waals surface area contributed by atoms with Crippen LogP contribution in [-0.2, 0) is 6.54 Å². The van der Waals surface area contributed by atoms with Crippen molar-refractivity contribution < 1.29 is 18.2 Å². The fraction of sp³-hybridized carbons (Fsp3) is 0.143. The van der Waals surface area contributed by atoms with Crippen molar-refractivity contribution in [2.45, 2.75) is 19.6 Å². The van der Waals surface area contributed by atoms with Crippen molar-refractivity contribution in [3.05, 3.63) is 77.1 Å². The molecule has 1 aliphatic rings. The Morgan fingerprint density at radius 1 is 1.03 bits per heavy atom. The van der Waals surface area contributed by atoms with Gasteiger partial charge in [0.2, 0.25) is 5.69 Å². The molecule has 1 aliphatic heterocycles. The van der Waals surface area contributed by atoms with Crippen LogP contribution < -0.4 is 10.3 Å². The molecule has 1 aromatic heterocycles. The fourth-order valence-electron chi connectivity index (χ4n) is 2.96. The fourth-order valence-corrected chi connectivity index (χ4v) is 2.96. The molecule has 0 saturated heterocycles. The van der Waals surface area contributed by atoms with Crippen LogP contribution in [0.5, 0.6) is 5.75 Å². The van der Waals surface area contributed by atoms with Crippen LogP contribution >= 0.6 is 0 Å². The van der Waals surface area contributed by atoms with Crippen LogP contribution in [0.2, 0.25) is 0 Å². The molecule has 0 spiro atoms. The van der Waals surface area contributed by atoms with Gasteiger partial charge in [0.1, 0.15) is 11.5 Å². The molecule has 0 unspecified atom stereocenters. The minimum Gasteiger partial charge on any atom is -0.435 e. The molecule has 0 saturated carbocycles. The summed E-state index contributed by atoms with van der Waals surface area (Å²) in [4.78, 5) is 12.2. The average Bonchev–Trinajstić information content (AvgIpc) is 3.19. The summed E-state index contributed by atoms with van der Waals surface area (Å²) in [6, 6.07) is 18.9. The van der Waals surface area contributed by atoms with E-state index in [0.717, 1.165) is 11.4 Å². The summed E-state index contributed by atoms with van der Waals surface area (Å²) >= 11 is 0. The number of alkyl halides is 2. The second kappa shape index (κ2) is 8.14. The van der Waals surface area contributed by atoms with Gasteiger partial charge < -0.3 is 4.74 Å². The van der Waals surface area contributed by atoms with E-state index in [2.05, 4.69) is 14.9 Å². The van der Waals surface area contributed by atoms with E-state index in [-0.39, 0.29) is 17.9 Å². The summed E-state index contributed by atoms with van der Waals surface area (Å²) in [5.74, 6) is 0.0638. The van der Waals surface area contributed by atoms with Crippen molar-refractivity contribution >= 4 is 17.6 Å². The van der Waals surface area contributed by atoms with E-state index in [0.29, 0.717) is 17.7 Å². The van der Waals surface area contributed by atoms with E-state index < -0.39 is 6.61 Å². The van der Waals surface area contributed by atoms with Crippen LogP contribution in [0.25, 0.3) is 11.3 Å². The van der Waals surface area contributed by atoms with Crippen LogP contribution in [0, 0.1) is 0 Å². The lowest BCUT2D eigenvalue weighted by atomic mass is 10.1. The van der Waals surface area contributed by atoms with Gasteiger partial charge in [0, 0.05) is 23.8 Å². The molecule has 2 aromatic carbocycles. The van der Waals surface area contributed by atoms with Gasteiger partial charge >= 0.3 is 6.61 Å². The standard InChI is InChI=1S/C21H17F2N4O2/c22-21(23)29-18-8-6-15(7-9-18)19-10-11-20(28)27(25-19)14-16-12-13-26(24-16)17-4-2-1-3-5-17/h1-11,13,21H,12,14H2/q+1. The summed E-state index contributed by atoms with van der Waals surface area (Å²) in [6.45, 7) is -2.61. The Hall–Kier alpha value is -3.68. The maximum atomic E-state index is 12.3. The van der Waals surface area contributed by atoms with Crippen molar-refractivity contribution in [1.82, 2.24) is 9.78 Å². The zero-order chi connectivity index (χ0) is 20.2. The molecule has 146 valence electrons. The Kier molecular flexibility index (Phi) is 5.24. The lowest BCUT2D eigenvalue weighted by Crippen LogP contribution is -2.26. The molecule has 2 heterocycles. The lowest BCUT2D eigenvalue weighted by molar-refractivity contribution is -0.437. The second-order valence-corrected chi connectivity index (χ2v) is 6.35. The topological polar surface area (TPSA) is 59.5 Å². The number of hydrazone groups is 1. The van der Waals surface area contributed by atoms with Gasteiger partial charge in [-0.1, -0.05) is 22.9 Å². The van der Waals surface area contributed by atoms with Gasteiger partial charge in [-0.05, 0) is 35.4 Å². The van der Waals surface area contributed by atoms with E-state index in [1.165, 1.54) is 22.9 Å². The molecule has 0 fully saturated rings. The summed E-state index contributed by atoms with van der Waals surface area (Å²) < 4.78 is 32.0. The largest absolute Gasteiger partial charge is 0.435 e. The number of para-hydroxylation sites is 1. The Balaban J connectivity index is 1.53. The van der Waals surface area contributed by atoms with Crippen LogP contribution in [0.3, 0.4) is 0 Å². The Morgan fingerprint density at radius 3 is 2.52 bits per heavy atom. The van der Waals surface area contributed by atoms with E-state index in [1.54, 1.807) is 22.9 Å². The Labute approximate surface area is 165 Å². The third kappa shape index (κ3) is 4.43. The van der Waals surface area contributed by atoms with Crippen molar-refractivity contribution in [1.29, 1.82) is 0 Å². The van der Waals surface area contributed by atoms with Crippen molar-refractivity contribution in [3.63, 3.8) is 0 Å². The SMILES string of the molecule is O=c1ccc(-c2ccc(OC(F)F)cc2)nn1CC1=N[N+](c2ccccc2)=CC1. The molecule has 6 nitrogen and oxygen atoms in total. The van der Waals surface area contributed by atoms with Crippen LogP contribution in [-0.4, -0.2) is 33.0 Å². The number of aromatic nitrogens is 2. The smallest absolute Gasteiger partial charge is 0.387 e. The van der Waals surface area contributed by atoms with Crippen molar-refractivity contribution in [3.8, 4) is 17.0 Å². The molecule has 0 radical (unpaired) electrons. The zero-order valence-electron chi connectivity index (χ0n) is 15.3. The van der Waals surface area contributed by atoms with Gasteiger partial charge in [-0.3, -0.25) is 4.79 Å². The van der Waals surface area contributed by atoms with Crippen molar-refractivity contribution in [2.75, 3.05) is 0 Å². The number of hydrogen-bond acceptors (Lipinski definition) is 4. The Morgan fingerprint density at radius 2 is 1.79 bits per heavy atom. The summed E-state index contributed by atoms with van der Waals surface area (Å²) in [7, 11) is 0. The average molecular weight is 395 g/mol. The third-order valence-electron chi connectivity index (χ3n) is 4.34. The first-order valence-electron chi connectivity index (χ1n) is 8.96. The number of hydrogen-bond donors (Lipinski definition) is 0. The number of ether oxygens (including phenoxy) is 1.